The van der Waals surface area contributed by atoms with E-state index in [1.165, 1.54) is 11.8 Å². The smallest absolute Gasteiger partial charge is 0.258 e. The van der Waals surface area contributed by atoms with Gasteiger partial charge in [-0.15, -0.1) is 0 Å². The predicted octanol–water partition coefficient (Wildman–Crippen LogP) is 4.68. The summed E-state index contributed by atoms with van der Waals surface area (Å²) in [5, 5.41) is 0.438. The summed E-state index contributed by atoms with van der Waals surface area (Å²) in [7, 11) is 0. The number of anilines is 2. The first-order chi connectivity index (χ1) is 12.8. The van der Waals surface area contributed by atoms with Gasteiger partial charge < -0.3 is 4.42 Å². The molecule has 0 N–H and O–H groups in total. The van der Waals surface area contributed by atoms with Crippen LogP contribution in [-0.2, 0) is 4.79 Å². The van der Waals surface area contributed by atoms with E-state index in [1.807, 2.05) is 66.7 Å². The van der Waals surface area contributed by atoms with Gasteiger partial charge in [-0.1, -0.05) is 48.2 Å². The molecule has 2 aromatic carbocycles. The third kappa shape index (κ3) is 3.45. The Morgan fingerprint density at radius 2 is 1.58 bits per heavy atom. The summed E-state index contributed by atoms with van der Waals surface area (Å²) in [5.74, 6) is 0.152. The average molecular weight is 361 g/mol. The molecule has 0 radical (unpaired) electrons. The predicted molar refractivity (Wildman–Crippen MR) is 103 cm³/mol. The number of pyridine rings is 1. The second-order valence-electron chi connectivity index (χ2n) is 5.49. The number of aromatic nitrogens is 2. The molecule has 2 heterocycles. The number of hydrogen-bond donors (Lipinski definition) is 0. The SMILES string of the molecule is O=C(CSc1nc2ncccc2o1)N(c1ccccc1)c1ccccc1. The number of rotatable bonds is 5. The summed E-state index contributed by atoms with van der Waals surface area (Å²) in [6.07, 6.45) is 1.66. The lowest BCUT2D eigenvalue weighted by atomic mass is 10.2. The Morgan fingerprint density at radius 1 is 0.923 bits per heavy atom. The maximum absolute atomic E-state index is 13.0. The van der Waals surface area contributed by atoms with E-state index in [0.29, 0.717) is 16.5 Å². The minimum Gasteiger partial charge on any atom is -0.430 e. The Labute approximate surface area is 154 Å². The molecule has 0 bridgehead atoms. The summed E-state index contributed by atoms with van der Waals surface area (Å²) in [4.78, 5) is 23.1. The molecular weight excluding hydrogens is 346 g/mol. The van der Waals surface area contributed by atoms with Crippen molar-refractivity contribution in [2.24, 2.45) is 0 Å². The third-order valence-electron chi connectivity index (χ3n) is 3.74. The van der Waals surface area contributed by atoms with Crippen molar-refractivity contribution in [2.45, 2.75) is 5.22 Å². The van der Waals surface area contributed by atoms with Crippen LogP contribution in [0.2, 0.25) is 0 Å². The third-order valence-corrected chi connectivity index (χ3v) is 4.56. The van der Waals surface area contributed by atoms with Gasteiger partial charge >= 0.3 is 0 Å². The molecule has 0 saturated heterocycles. The summed E-state index contributed by atoms with van der Waals surface area (Å²) in [5.41, 5.74) is 2.81. The van der Waals surface area contributed by atoms with Crippen molar-refractivity contribution in [1.82, 2.24) is 9.97 Å². The van der Waals surface area contributed by atoms with Crippen LogP contribution in [0.5, 0.6) is 0 Å². The van der Waals surface area contributed by atoms with Crippen LogP contribution in [-0.4, -0.2) is 21.6 Å². The molecule has 6 heteroatoms. The zero-order chi connectivity index (χ0) is 17.8. The highest BCUT2D eigenvalue weighted by atomic mass is 32.2. The van der Waals surface area contributed by atoms with Crippen molar-refractivity contribution < 1.29 is 9.21 Å². The van der Waals surface area contributed by atoms with Crippen molar-refractivity contribution >= 4 is 40.3 Å². The maximum Gasteiger partial charge on any atom is 0.258 e. The first-order valence-electron chi connectivity index (χ1n) is 8.09. The molecule has 4 aromatic rings. The topological polar surface area (TPSA) is 59.2 Å². The summed E-state index contributed by atoms with van der Waals surface area (Å²) >= 11 is 1.26. The molecule has 5 nitrogen and oxygen atoms in total. The number of fused-ring (bicyclic) bond motifs is 1. The highest BCUT2D eigenvalue weighted by Crippen LogP contribution is 2.28. The van der Waals surface area contributed by atoms with Crippen LogP contribution in [0.4, 0.5) is 11.4 Å². The number of thioether (sulfide) groups is 1. The number of para-hydroxylation sites is 2. The fraction of sp³-hybridized carbons (Fsp3) is 0.0500. The normalized spacial score (nSPS) is 10.8. The summed E-state index contributed by atoms with van der Waals surface area (Å²) in [6, 6.07) is 22.8. The second kappa shape index (κ2) is 7.41. The minimum absolute atomic E-state index is 0.0531. The van der Waals surface area contributed by atoms with E-state index >= 15 is 0 Å². The Kier molecular flexibility index (Phi) is 4.66. The van der Waals surface area contributed by atoms with Gasteiger partial charge in [-0.3, -0.25) is 9.69 Å². The Morgan fingerprint density at radius 3 is 2.19 bits per heavy atom. The molecule has 0 aliphatic heterocycles. The average Bonchev–Trinajstić information content (AvgIpc) is 3.11. The molecule has 0 aliphatic carbocycles. The monoisotopic (exact) mass is 361 g/mol. The zero-order valence-electron chi connectivity index (χ0n) is 13.8. The molecule has 0 atom stereocenters. The first-order valence-corrected chi connectivity index (χ1v) is 9.07. The molecule has 0 saturated carbocycles. The lowest BCUT2D eigenvalue weighted by molar-refractivity contribution is -0.115. The van der Waals surface area contributed by atoms with Gasteiger partial charge in [-0.2, -0.15) is 4.98 Å². The largest absolute Gasteiger partial charge is 0.430 e. The van der Waals surface area contributed by atoms with Crippen molar-refractivity contribution in [3.8, 4) is 0 Å². The highest BCUT2D eigenvalue weighted by molar-refractivity contribution is 7.99. The number of oxazole rings is 1. The summed E-state index contributed by atoms with van der Waals surface area (Å²) in [6.45, 7) is 0. The van der Waals surface area contributed by atoms with Gasteiger partial charge in [0.25, 0.3) is 5.22 Å². The molecule has 2 aromatic heterocycles. The Hall–Kier alpha value is -3.12. The van der Waals surface area contributed by atoms with Crippen molar-refractivity contribution in [2.75, 3.05) is 10.7 Å². The van der Waals surface area contributed by atoms with Gasteiger partial charge in [-0.05, 0) is 36.4 Å². The first kappa shape index (κ1) is 16.4. The van der Waals surface area contributed by atoms with Gasteiger partial charge in [0.1, 0.15) is 0 Å². The van der Waals surface area contributed by atoms with Gasteiger partial charge in [0, 0.05) is 17.6 Å². The maximum atomic E-state index is 13.0. The Bertz CT molecular complexity index is 946. The highest BCUT2D eigenvalue weighted by Gasteiger charge is 2.19. The van der Waals surface area contributed by atoms with Gasteiger partial charge in [0.15, 0.2) is 11.2 Å². The number of hydrogen-bond acceptors (Lipinski definition) is 5. The number of amides is 1. The summed E-state index contributed by atoms with van der Waals surface area (Å²) < 4.78 is 5.63. The van der Waals surface area contributed by atoms with Crippen LogP contribution in [0.25, 0.3) is 11.2 Å². The zero-order valence-corrected chi connectivity index (χ0v) is 14.6. The number of carbonyl (C=O) groups excluding carboxylic acids is 1. The number of carbonyl (C=O) groups is 1. The number of nitrogens with zero attached hydrogens (tertiary/aromatic N) is 3. The van der Waals surface area contributed by atoms with E-state index in [2.05, 4.69) is 9.97 Å². The quantitative estimate of drug-likeness (QED) is 0.483. The molecule has 1 amide bonds. The van der Waals surface area contributed by atoms with Crippen LogP contribution in [0.15, 0.2) is 88.6 Å². The van der Waals surface area contributed by atoms with Gasteiger partial charge in [-0.25, -0.2) is 4.98 Å². The molecule has 0 spiro atoms. The molecule has 0 aliphatic rings. The van der Waals surface area contributed by atoms with Crippen LogP contribution in [0.3, 0.4) is 0 Å². The van der Waals surface area contributed by atoms with E-state index in [4.69, 9.17) is 4.42 Å². The van der Waals surface area contributed by atoms with Crippen molar-refractivity contribution in [3.63, 3.8) is 0 Å². The van der Waals surface area contributed by atoms with Crippen LogP contribution in [0.1, 0.15) is 0 Å². The van der Waals surface area contributed by atoms with Crippen LogP contribution < -0.4 is 4.90 Å². The number of benzene rings is 2. The molecule has 0 unspecified atom stereocenters. The fourth-order valence-electron chi connectivity index (χ4n) is 2.59. The van der Waals surface area contributed by atoms with Gasteiger partial charge in [0.05, 0.1) is 5.75 Å². The molecular formula is C20H15N3O2S. The fourth-order valence-corrected chi connectivity index (χ4v) is 3.27. The molecule has 128 valence electrons. The lowest BCUT2D eigenvalue weighted by Gasteiger charge is -2.22. The molecule has 4 rings (SSSR count). The lowest BCUT2D eigenvalue weighted by Crippen LogP contribution is -2.27. The van der Waals surface area contributed by atoms with E-state index in [-0.39, 0.29) is 11.7 Å². The van der Waals surface area contributed by atoms with E-state index in [0.717, 1.165) is 11.4 Å². The molecule has 0 fully saturated rings. The van der Waals surface area contributed by atoms with E-state index < -0.39 is 0 Å². The van der Waals surface area contributed by atoms with Crippen molar-refractivity contribution in [1.29, 1.82) is 0 Å². The van der Waals surface area contributed by atoms with E-state index in [9.17, 15) is 4.79 Å². The van der Waals surface area contributed by atoms with Crippen molar-refractivity contribution in [3.05, 3.63) is 79.0 Å². The second-order valence-corrected chi connectivity index (χ2v) is 6.42. The molecule has 26 heavy (non-hydrogen) atoms. The van der Waals surface area contributed by atoms with Crippen LogP contribution in [0, 0.1) is 0 Å². The Balaban J connectivity index is 1.56. The minimum atomic E-state index is -0.0531. The van der Waals surface area contributed by atoms with Gasteiger partial charge in [0.2, 0.25) is 5.91 Å². The van der Waals surface area contributed by atoms with Crippen LogP contribution >= 0.6 is 11.8 Å². The van der Waals surface area contributed by atoms with E-state index in [1.54, 1.807) is 17.2 Å². The standard InChI is InChI=1S/C20H15N3O2S/c24-18(14-26-20-22-19-17(25-20)12-7-13-21-19)23(15-8-3-1-4-9-15)16-10-5-2-6-11-16/h1-13H,14H2.